The number of aromatic nitrogens is 2. The van der Waals surface area contributed by atoms with Gasteiger partial charge in [-0.3, -0.25) is 9.69 Å². The molecule has 3 aromatic rings. The van der Waals surface area contributed by atoms with Crippen molar-refractivity contribution in [3.05, 3.63) is 65.7 Å². The summed E-state index contributed by atoms with van der Waals surface area (Å²) in [5.74, 6) is 0.914. The Bertz CT molecular complexity index is 1190. The summed E-state index contributed by atoms with van der Waals surface area (Å²) in [5.41, 5.74) is 2.58. The quantitative estimate of drug-likeness (QED) is 0.540. The van der Waals surface area contributed by atoms with Gasteiger partial charge in [0.05, 0.1) is 17.5 Å². The average Bonchev–Trinajstić information content (AvgIpc) is 3.28. The molecule has 3 saturated heterocycles. The predicted octanol–water partition coefficient (Wildman–Crippen LogP) is 4.12. The van der Waals surface area contributed by atoms with E-state index in [1.54, 1.807) is 6.07 Å². The second-order valence-corrected chi connectivity index (χ2v) is 10.5. The number of amides is 1. The fraction of sp³-hybridized carbons (Fsp3) is 0.500. The van der Waals surface area contributed by atoms with Crippen LogP contribution in [0.4, 0.5) is 4.39 Å². The van der Waals surface area contributed by atoms with Crippen LogP contribution in [0.2, 0.25) is 0 Å². The number of piperidine rings is 1. The minimum absolute atomic E-state index is 0.0317. The molecule has 2 aromatic carbocycles. The number of hydrogen-bond acceptors (Lipinski definition) is 4. The van der Waals surface area contributed by atoms with Crippen molar-refractivity contribution < 1.29 is 9.18 Å². The number of fused-ring (bicyclic) bond motifs is 3. The molecule has 0 spiro atoms. The van der Waals surface area contributed by atoms with E-state index in [0.717, 1.165) is 50.2 Å². The molecule has 6 nitrogen and oxygen atoms in total. The zero-order valence-corrected chi connectivity index (χ0v) is 20.3. The van der Waals surface area contributed by atoms with Crippen molar-refractivity contribution in [3.63, 3.8) is 0 Å². The highest BCUT2D eigenvalue weighted by Crippen LogP contribution is 2.42. The van der Waals surface area contributed by atoms with E-state index in [4.69, 9.17) is 0 Å². The molecule has 3 fully saturated rings. The van der Waals surface area contributed by atoms with Gasteiger partial charge in [-0.2, -0.15) is 0 Å². The van der Waals surface area contributed by atoms with E-state index in [1.165, 1.54) is 24.5 Å². The molecule has 4 atom stereocenters. The van der Waals surface area contributed by atoms with Crippen LogP contribution in [0.3, 0.4) is 0 Å². The third-order valence-corrected chi connectivity index (χ3v) is 8.42. The number of benzene rings is 2. The first kappa shape index (κ1) is 22.7. The van der Waals surface area contributed by atoms with Gasteiger partial charge in [-0.25, -0.2) is 9.37 Å². The zero-order valence-electron chi connectivity index (χ0n) is 20.3. The molecule has 7 heteroatoms. The van der Waals surface area contributed by atoms with Crippen molar-refractivity contribution in [2.75, 3.05) is 19.6 Å². The molecule has 3 aliphatic rings. The molecule has 1 amide bonds. The zero-order chi connectivity index (χ0) is 23.9. The van der Waals surface area contributed by atoms with E-state index in [-0.39, 0.29) is 23.7 Å². The number of halogens is 1. The lowest BCUT2D eigenvalue weighted by atomic mass is 9.95. The van der Waals surface area contributed by atoms with Gasteiger partial charge in [0.1, 0.15) is 11.3 Å². The van der Waals surface area contributed by atoms with E-state index in [2.05, 4.69) is 49.4 Å². The van der Waals surface area contributed by atoms with Gasteiger partial charge in [0.15, 0.2) is 5.82 Å². The SMILES string of the molecule is Cc1nc2c(F)cccc2n1C1C[C@H]2CC[C@@H](C1)N2CC[C@H](NC(=O)C1CNC1)c1ccccc1. The van der Waals surface area contributed by atoms with Gasteiger partial charge in [-0.1, -0.05) is 36.4 Å². The van der Waals surface area contributed by atoms with Crippen LogP contribution in [-0.2, 0) is 4.79 Å². The molecule has 0 aliphatic carbocycles. The Hall–Kier alpha value is -2.77. The summed E-state index contributed by atoms with van der Waals surface area (Å²) >= 11 is 0. The molecule has 35 heavy (non-hydrogen) atoms. The topological polar surface area (TPSA) is 62.2 Å². The van der Waals surface area contributed by atoms with Crippen LogP contribution in [0.15, 0.2) is 48.5 Å². The summed E-state index contributed by atoms with van der Waals surface area (Å²) < 4.78 is 16.6. The van der Waals surface area contributed by atoms with Gasteiger partial charge < -0.3 is 15.2 Å². The Morgan fingerprint density at radius 2 is 1.83 bits per heavy atom. The fourth-order valence-electron chi connectivity index (χ4n) is 6.53. The minimum Gasteiger partial charge on any atom is -0.349 e. The Balaban J connectivity index is 1.16. The van der Waals surface area contributed by atoms with Crippen LogP contribution in [0, 0.1) is 18.7 Å². The molecule has 6 rings (SSSR count). The van der Waals surface area contributed by atoms with Crippen molar-refractivity contribution in [1.82, 2.24) is 25.1 Å². The number of imidazole rings is 1. The number of nitrogens with one attached hydrogen (secondary N) is 2. The van der Waals surface area contributed by atoms with Crippen molar-refractivity contribution in [2.24, 2.45) is 5.92 Å². The molecular weight excluding hydrogens is 441 g/mol. The van der Waals surface area contributed by atoms with E-state index >= 15 is 0 Å². The third-order valence-electron chi connectivity index (χ3n) is 8.42. The molecule has 0 saturated carbocycles. The lowest BCUT2D eigenvalue weighted by Crippen LogP contribution is -2.51. The van der Waals surface area contributed by atoms with Crippen molar-refractivity contribution >= 4 is 16.9 Å². The Labute approximate surface area is 205 Å². The van der Waals surface area contributed by atoms with Gasteiger partial charge in [-0.15, -0.1) is 0 Å². The summed E-state index contributed by atoms with van der Waals surface area (Å²) in [5, 5.41) is 6.53. The van der Waals surface area contributed by atoms with Crippen molar-refractivity contribution in [2.45, 2.75) is 63.2 Å². The highest BCUT2D eigenvalue weighted by atomic mass is 19.1. The monoisotopic (exact) mass is 475 g/mol. The van der Waals surface area contributed by atoms with E-state index in [0.29, 0.717) is 23.6 Å². The molecular formula is C28H34FN5O. The minimum atomic E-state index is -0.239. The second kappa shape index (κ2) is 9.36. The molecule has 2 N–H and O–H groups in total. The molecule has 2 bridgehead atoms. The maximum atomic E-state index is 14.3. The number of para-hydroxylation sites is 1. The number of nitrogens with zero attached hydrogens (tertiary/aromatic N) is 3. The lowest BCUT2D eigenvalue weighted by molar-refractivity contribution is -0.127. The summed E-state index contributed by atoms with van der Waals surface area (Å²) in [6.07, 6.45) is 5.45. The van der Waals surface area contributed by atoms with Crippen LogP contribution in [0.25, 0.3) is 11.0 Å². The first-order valence-electron chi connectivity index (χ1n) is 13.0. The highest BCUT2D eigenvalue weighted by molar-refractivity contribution is 5.80. The number of carbonyl (C=O) groups excluding carboxylic acids is 1. The standard InChI is InChI=1S/C28H34FN5O/c1-18-31-27-24(29)8-5-9-26(27)34(18)23-14-21-10-11-22(15-23)33(21)13-12-25(19-6-3-2-4-7-19)32-28(35)20-16-30-17-20/h2-9,20-23,25,30H,10-17H2,1H3,(H,32,35)/t21-,22+,23?,25-/m0/s1. The van der Waals surface area contributed by atoms with Crippen molar-refractivity contribution in [3.8, 4) is 0 Å². The van der Waals surface area contributed by atoms with E-state index < -0.39 is 0 Å². The smallest absolute Gasteiger partial charge is 0.226 e. The van der Waals surface area contributed by atoms with Crippen LogP contribution in [0.5, 0.6) is 0 Å². The third kappa shape index (κ3) is 4.25. The van der Waals surface area contributed by atoms with Gasteiger partial charge >= 0.3 is 0 Å². The highest BCUT2D eigenvalue weighted by Gasteiger charge is 2.42. The summed E-state index contributed by atoms with van der Waals surface area (Å²) in [4.78, 5) is 20.0. The summed E-state index contributed by atoms with van der Waals surface area (Å²) in [7, 11) is 0. The van der Waals surface area contributed by atoms with Crippen LogP contribution in [-0.4, -0.2) is 52.1 Å². The largest absolute Gasteiger partial charge is 0.349 e. The number of carbonyl (C=O) groups is 1. The molecule has 4 heterocycles. The first-order valence-corrected chi connectivity index (χ1v) is 13.0. The molecule has 3 aliphatic heterocycles. The van der Waals surface area contributed by atoms with Crippen LogP contribution < -0.4 is 10.6 Å². The number of rotatable bonds is 7. The fourth-order valence-corrected chi connectivity index (χ4v) is 6.53. The normalized spacial score (nSPS) is 25.5. The molecule has 0 radical (unpaired) electrons. The number of hydrogen-bond donors (Lipinski definition) is 2. The Morgan fingerprint density at radius 1 is 1.09 bits per heavy atom. The van der Waals surface area contributed by atoms with E-state index in [1.807, 2.05) is 19.1 Å². The van der Waals surface area contributed by atoms with Gasteiger partial charge in [0.2, 0.25) is 5.91 Å². The molecule has 1 unspecified atom stereocenters. The Morgan fingerprint density at radius 3 is 2.51 bits per heavy atom. The molecule has 1 aromatic heterocycles. The van der Waals surface area contributed by atoms with Crippen LogP contribution >= 0.6 is 0 Å². The van der Waals surface area contributed by atoms with Gasteiger partial charge in [0.25, 0.3) is 0 Å². The summed E-state index contributed by atoms with van der Waals surface area (Å²) in [6.45, 7) is 4.52. The maximum absolute atomic E-state index is 14.3. The van der Waals surface area contributed by atoms with E-state index in [9.17, 15) is 9.18 Å². The summed E-state index contributed by atoms with van der Waals surface area (Å²) in [6, 6.07) is 17.1. The van der Waals surface area contributed by atoms with Crippen molar-refractivity contribution in [1.29, 1.82) is 0 Å². The predicted molar refractivity (Wildman–Crippen MR) is 135 cm³/mol. The number of aryl methyl sites for hydroxylation is 1. The van der Waals surface area contributed by atoms with Gasteiger partial charge in [-0.05, 0) is 56.7 Å². The average molecular weight is 476 g/mol. The maximum Gasteiger partial charge on any atom is 0.226 e. The Kier molecular flexibility index (Phi) is 6.06. The first-order chi connectivity index (χ1) is 17.1. The molecule has 184 valence electrons. The second-order valence-electron chi connectivity index (χ2n) is 10.5. The van der Waals surface area contributed by atoms with Crippen LogP contribution in [0.1, 0.15) is 55.6 Å². The van der Waals surface area contributed by atoms with Gasteiger partial charge in [0, 0.05) is 37.8 Å². The lowest BCUT2D eigenvalue weighted by Gasteiger charge is -2.40.